The largest absolute Gasteiger partial charge is 0.343 e. The quantitative estimate of drug-likeness (QED) is 0.717. The molecule has 0 spiro atoms. The molecule has 142 valence electrons. The molecule has 0 aliphatic carbocycles. The molecule has 1 fully saturated rings. The summed E-state index contributed by atoms with van der Waals surface area (Å²) in [5, 5.41) is 7.16. The molecule has 1 aliphatic heterocycles. The van der Waals surface area contributed by atoms with E-state index in [1.54, 1.807) is 23.1 Å². The van der Waals surface area contributed by atoms with Crippen molar-refractivity contribution in [2.45, 2.75) is 18.9 Å². The van der Waals surface area contributed by atoms with Gasteiger partial charge in [0.05, 0.1) is 11.7 Å². The molecule has 4 rings (SSSR count). The summed E-state index contributed by atoms with van der Waals surface area (Å²) in [6.07, 6.45) is 4.52. The van der Waals surface area contributed by atoms with Crippen molar-refractivity contribution in [1.82, 2.24) is 25.0 Å². The van der Waals surface area contributed by atoms with E-state index in [1.807, 2.05) is 47.4 Å². The van der Waals surface area contributed by atoms with Crippen LogP contribution in [-0.2, 0) is 4.79 Å². The Morgan fingerprint density at radius 1 is 1.11 bits per heavy atom. The van der Waals surface area contributed by atoms with Gasteiger partial charge in [-0.05, 0) is 36.2 Å². The van der Waals surface area contributed by atoms with E-state index < -0.39 is 0 Å². The second-order valence-electron chi connectivity index (χ2n) is 6.77. The van der Waals surface area contributed by atoms with Gasteiger partial charge in [-0.15, -0.1) is 0 Å². The Balaban J connectivity index is 1.50. The zero-order valence-corrected chi connectivity index (χ0v) is 15.4. The molecule has 28 heavy (non-hydrogen) atoms. The molecule has 1 N–H and O–H groups in total. The van der Waals surface area contributed by atoms with Crippen LogP contribution in [0.5, 0.6) is 0 Å². The average molecular weight is 375 g/mol. The third-order valence-corrected chi connectivity index (χ3v) is 4.89. The van der Waals surface area contributed by atoms with Crippen LogP contribution in [0.3, 0.4) is 0 Å². The Kier molecular flexibility index (Phi) is 5.14. The normalized spacial score (nSPS) is 14.9. The molecule has 0 radical (unpaired) electrons. The molecule has 1 atom stereocenters. The van der Waals surface area contributed by atoms with Crippen molar-refractivity contribution in [3.05, 3.63) is 78.4 Å². The zero-order valence-electron chi connectivity index (χ0n) is 15.4. The summed E-state index contributed by atoms with van der Waals surface area (Å²) in [5.41, 5.74) is 2.36. The monoisotopic (exact) mass is 375 g/mol. The van der Waals surface area contributed by atoms with Gasteiger partial charge in [0.25, 0.3) is 5.91 Å². The summed E-state index contributed by atoms with van der Waals surface area (Å²) in [5.74, 6) is -0.0296. The molecule has 2 amide bonds. The van der Waals surface area contributed by atoms with Crippen molar-refractivity contribution in [2.24, 2.45) is 0 Å². The highest BCUT2D eigenvalue weighted by Crippen LogP contribution is 2.19. The third kappa shape index (κ3) is 3.93. The zero-order chi connectivity index (χ0) is 19.3. The van der Waals surface area contributed by atoms with Crippen molar-refractivity contribution >= 4 is 11.8 Å². The molecule has 7 heteroatoms. The lowest BCUT2D eigenvalue weighted by Crippen LogP contribution is -2.38. The maximum Gasteiger partial charge on any atom is 0.251 e. The summed E-state index contributed by atoms with van der Waals surface area (Å²) in [6.45, 7) is 1.22. The average Bonchev–Trinajstić information content (AvgIpc) is 3.41. The van der Waals surface area contributed by atoms with Crippen LogP contribution in [-0.4, -0.2) is 44.6 Å². The molecule has 3 aromatic rings. The van der Waals surface area contributed by atoms with Gasteiger partial charge >= 0.3 is 0 Å². The number of nitrogens with one attached hydrogen (secondary N) is 1. The second-order valence-corrected chi connectivity index (χ2v) is 6.77. The smallest absolute Gasteiger partial charge is 0.251 e. The van der Waals surface area contributed by atoms with Gasteiger partial charge in [0.2, 0.25) is 5.91 Å². The molecule has 7 nitrogen and oxygen atoms in total. The fourth-order valence-corrected chi connectivity index (χ4v) is 3.39. The first-order valence-electron chi connectivity index (χ1n) is 9.29. The Morgan fingerprint density at radius 3 is 2.54 bits per heavy atom. The van der Waals surface area contributed by atoms with Crippen LogP contribution in [0, 0.1) is 0 Å². The van der Waals surface area contributed by atoms with E-state index >= 15 is 0 Å². The highest BCUT2D eigenvalue weighted by atomic mass is 16.2. The molecule has 0 unspecified atom stereocenters. The van der Waals surface area contributed by atoms with Crippen LogP contribution in [0.15, 0.2) is 67.3 Å². The summed E-state index contributed by atoms with van der Waals surface area (Å²) < 4.78 is 1.63. The molecule has 1 aromatic heterocycles. The van der Waals surface area contributed by atoms with Gasteiger partial charge in [-0.2, -0.15) is 5.10 Å². The molecule has 2 aromatic carbocycles. The first kappa shape index (κ1) is 17.9. The molecule has 1 saturated heterocycles. The van der Waals surface area contributed by atoms with E-state index in [4.69, 9.17) is 0 Å². The SMILES string of the molecule is O=C(N[C@@H](CN1CCCC1=O)c1ccccc1)c1ccc(-n2cncn2)cc1. The lowest BCUT2D eigenvalue weighted by atomic mass is 10.1. The van der Waals surface area contributed by atoms with Gasteiger partial charge in [0.15, 0.2) is 0 Å². The van der Waals surface area contributed by atoms with Crippen LogP contribution in [0.4, 0.5) is 0 Å². The van der Waals surface area contributed by atoms with Crippen molar-refractivity contribution in [2.75, 3.05) is 13.1 Å². The summed E-state index contributed by atoms with van der Waals surface area (Å²) in [7, 11) is 0. The molecule has 1 aliphatic rings. The number of carbonyl (C=O) groups excluding carboxylic acids is 2. The van der Waals surface area contributed by atoms with Gasteiger partial charge in [-0.3, -0.25) is 9.59 Å². The van der Waals surface area contributed by atoms with Crippen LogP contribution < -0.4 is 5.32 Å². The predicted octanol–water partition coefficient (Wildman–Crippen LogP) is 2.36. The van der Waals surface area contributed by atoms with E-state index in [0.29, 0.717) is 18.5 Å². The fraction of sp³-hybridized carbons (Fsp3) is 0.238. The van der Waals surface area contributed by atoms with E-state index in [-0.39, 0.29) is 17.9 Å². The fourth-order valence-electron chi connectivity index (χ4n) is 3.39. The van der Waals surface area contributed by atoms with Gasteiger partial charge in [0, 0.05) is 25.1 Å². The minimum absolute atomic E-state index is 0.146. The Bertz CT molecular complexity index is 939. The molecular formula is C21H21N5O2. The van der Waals surface area contributed by atoms with Crippen molar-refractivity contribution in [3.8, 4) is 5.69 Å². The van der Waals surface area contributed by atoms with E-state index in [9.17, 15) is 9.59 Å². The maximum atomic E-state index is 12.8. The molecule has 0 bridgehead atoms. The number of aromatic nitrogens is 3. The lowest BCUT2D eigenvalue weighted by Gasteiger charge is -2.25. The van der Waals surface area contributed by atoms with Gasteiger partial charge in [-0.25, -0.2) is 9.67 Å². The summed E-state index contributed by atoms with van der Waals surface area (Å²) >= 11 is 0. The number of hydrogen-bond acceptors (Lipinski definition) is 4. The van der Waals surface area contributed by atoms with Crippen molar-refractivity contribution < 1.29 is 9.59 Å². The number of rotatable bonds is 6. The van der Waals surface area contributed by atoms with E-state index in [0.717, 1.165) is 24.2 Å². The van der Waals surface area contributed by atoms with Crippen molar-refractivity contribution in [3.63, 3.8) is 0 Å². The highest BCUT2D eigenvalue weighted by molar-refractivity contribution is 5.94. The molecular weight excluding hydrogens is 354 g/mol. The van der Waals surface area contributed by atoms with Crippen LogP contribution >= 0.6 is 0 Å². The first-order valence-corrected chi connectivity index (χ1v) is 9.29. The van der Waals surface area contributed by atoms with E-state index in [1.165, 1.54) is 6.33 Å². The van der Waals surface area contributed by atoms with Crippen LogP contribution in [0.1, 0.15) is 34.8 Å². The number of nitrogens with zero attached hydrogens (tertiary/aromatic N) is 4. The topological polar surface area (TPSA) is 80.1 Å². The number of hydrogen-bond donors (Lipinski definition) is 1. The van der Waals surface area contributed by atoms with Crippen molar-refractivity contribution in [1.29, 1.82) is 0 Å². The van der Waals surface area contributed by atoms with E-state index in [2.05, 4.69) is 15.4 Å². The Morgan fingerprint density at radius 2 is 1.89 bits per heavy atom. The lowest BCUT2D eigenvalue weighted by molar-refractivity contribution is -0.128. The highest BCUT2D eigenvalue weighted by Gasteiger charge is 2.25. The second kappa shape index (κ2) is 8.04. The van der Waals surface area contributed by atoms with Gasteiger partial charge in [0.1, 0.15) is 12.7 Å². The number of likely N-dealkylation sites (tertiary alicyclic amines) is 1. The molecule has 2 heterocycles. The summed E-state index contributed by atoms with van der Waals surface area (Å²) in [6, 6.07) is 16.7. The van der Waals surface area contributed by atoms with Gasteiger partial charge in [-0.1, -0.05) is 30.3 Å². The number of benzene rings is 2. The Labute approximate surface area is 163 Å². The minimum atomic E-state index is -0.259. The Hall–Kier alpha value is -3.48. The standard InChI is InChI=1S/C21H21N5O2/c27-20-7-4-12-25(20)13-19(16-5-2-1-3-6-16)24-21(28)17-8-10-18(11-9-17)26-15-22-14-23-26/h1-3,5-6,8-11,14-15,19H,4,7,12-13H2,(H,24,28)/t19-/m0/s1. The maximum absolute atomic E-state index is 12.8. The van der Waals surface area contributed by atoms with Crippen LogP contribution in [0.25, 0.3) is 5.69 Å². The first-order chi connectivity index (χ1) is 13.7. The van der Waals surface area contributed by atoms with Crippen LogP contribution in [0.2, 0.25) is 0 Å². The molecule has 0 saturated carbocycles. The number of carbonyl (C=O) groups is 2. The number of amides is 2. The third-order valence-electron chi connectivity index (χ3n) is 4.89. The van der Waals surface area contributed by atoms with Gasteiger partial charge < -0.3 is 10.2 Å². The predicted molar refractivity (Wildman–Crippen MR) is 104 cm³/mol. The summed E-state index contributed by atoms with van der Waals surface area (Å²) in [4.78, 5) is 30.6. The minimum Gasteiger partial charge on any atom is -0.343 e.